The van der Waals surface area contributed by atoms with E-state index < -0.39 is 0 Å². The van der Waals surface area contributed by atoms with Crippen molar-refractivity contribution in [2.75, 3.05) is 6.07 Å². The third-order valence-corrected chi connectivity index (χ3v) is 5.42. The van der Waals surface area contributed by atoms with Crippen LogP contribution in [-0.4, -0.2) is 22.4 Å². The molecule has 0 aliphatic carbocycles. The van der Waals surface area contributed by atoms with Gasteiger partial charge in [-0.25, -0.2) is 0 Å². The number of ketones is 1. The maximum Gasteiger partial charge on any atom is 0.306 e. The van der Waals surface area contributed by atoms with E-state index in [0.717, 1.165) is 34.6 Å². The molecule has 0 aliphatic heterocycles. The summed E-state index contributed by atoms with van der Waals surface area (Å²) in [6.45, 7) is 0.720. The first-order chi connectivity index (χ1) is 14.7. The van der Waals surface area contributed by atoms with Gasteiger partial charge < -0.3 is 9.30 Å². The molecular weight excluding hydrogens is 398 g/mol. The summed E-state index contributed by atoms with van der Waals surface area (Å²) < 4.78 is 6.86. The molecule has 0 spiro atoms. The second kappa shape index (κ2) is 9.14. The van der Waals surface area contributed by atoms with Crippen molar-refractivity contribution in [3.05, 3.63) is 84.1 Å². The highest BCUT2D eigenvalue weighted by molar-refractivity contribution is 6.21. The van der Waals surface area contributed by atoms with E-state index in [2.05, 4.69) is 4.57 Å². The smallest absolute Gasteiger partial charge is 0.306 e. The Kier molecular flexibility index (Phi) is 6.15. The number of nitrogens with zero attached hydrogens (tertiary/aromatic N) is 1. The Labute approximate surface area is 180 Å². The van der Waals surface area contributed by atoms with Gasteiger partial charge in [-0.2, -0.15) is 0 Å². The van der Waals surface area contributed by atoms with Crippen LogP contribution in [0.25, 0.3) is 21.7 Å². The number of ether oxygens (including phenoxy) is 1. The second-order valence-electron chi connectivity index (χ2n) is 7.19. The van der Waals surface area contributed by atoms with Crippen molar-refractivity contribution in [2.24, 2.45) is 0 Å². The van der Waals surface area contributed by atoms with Gasteiger partial charge >= 0.3 is 5.97 Å². The minimum Gasteiger partial charge on any atom is -0.449 e. The Morgan fingerprint density at radius 3 is 2.40 bits per heavy atom. The zero-order valence-corrected chi connectivity index (χ0v) is 17.3. The van der Waals surface area contributed by atoms with Crippen molar-refractivity contribution in [2.45, 2.75) is 25.8 Å². The number of benzene rings is 3. The Hall–Kier alpha value is -3.11. The average Bonchev–Trinajstić information content (AvgIpc) is 3.15. The molecule has 4 rings (SSSR count). The van der Waals surface area contributed by atoms with Crippen LogP contribution in [0.15, 0.2) is 72.9 Å². The third-order valence-electron chi connectivity index (χ3n) is 5.31. The lowest BCUT2D eigenvalue weighted by Crippen LogP contribution is -2.04. The quantitative estimate of drug-likeness (QED) is 0.154. The van der Waals surface area contributed by atoms with Gasteiger partial charge in [0.15, 0.2) is 11.8 Å². The van der Waals surface area contributed by atoms with Crippen LogP contribution in [0.4, 0.5) is 0 Å². The first-order valence-electron chi connectivity index (χ1n) is 10.0. The zero-order valence-electron chi connectivity index (χ0n) is 16.5. The van der Waals surface area contributed by atoms with Crippen LogP contribution in [0, 0.1) is 0 Å². The first-order valence-corrected chi connectivity index (χ1v) is 10.5. The summed E-state index contributed by atoms with van der Waals surface area (Å²) in [6, 6.07) is 21.6. The summed E-state index contributed by atoms with van der Waals surface area (Å²) >= 11 is 5.41. The molecule has 0 saturated heterocycles. The predicted octanol–water partition coefficient (Wildman–Crippen LogP) is 5.94. The van der Waals surface area contributed by atoms with Crippen LogP contribution >= 0.6 is 11.6 Å². The van der Waals surface area contributed by atoms with E-state index in [9.17, 15) is 9.59 Å². The molecule has 30 heavy (non-hydrogen) atoms. The number of alkyl halides is 1. The molecule has 0 unspecified atom stereocenters. The second-order valence-corrected chi connectivity index (χ2v) is 7.41. The maximum absolute atomic E-state index is 13.5. The number of esters is 1. The molecule has 0 fully saturated rings. The zero-order chi connectivity index (χ0) is 20.9. The number of rotatable bonds is 8. The molecule has 0 radical (unpaired) electrons. The summed E-state index contributed by atoms with van der Waals surface area (Å²) in [7, 11) is 0. The molecular formula is C25H22ClNO3. The highest BCUT2D eigenvalue weighted by atomic mass is 35.5. The Bertz CT molecular complexity index is 1210. The fourth-order valence-corrected chi connectivity index (χ4v) is 3.99. The van der Waals surface area contributed by atoms with E-state index in [0.29, 0.717) is 24.0 Å². The summed E-state index contributed by atoms with van der Waals surface area (Å²) in [5, 5.41) is 2.95. The Balaban J connectivity index is 1.62. The largest absolute Gasteiger partial charge is 0.449 e. The van der Waals surface area contributed by atoms with E-state index in [1.54, 1.807) is 0 Å². The molecule has 1 aromatic heterocycles. The van der Waals surface area contributed by atoms with Crippen LogP contribution in [0.1, 0.15) is 35.2 Å². The van der Waals surface area contributed by atoms with Crippen LogP contribution in [0.3, 0.4) is 0 Å². The number of carbonyl (C=O) groups is 2. The number of hydrogen-bond acceptors (Lipinski definition) is 3. The summed E-state index contributed by atoms with van der Waals surface area (Å²) in [5.74, 6) is -0.262. The minimum absolute atomic E-state index is 0.0208. The molecule has 0 aliphatic rings. The summed E-state index contributed by atoms with van der Waals surface area (Å²) in [5.41, 5.74) is 2.42. The number of fused-ring (bicyclic) bond motifs is 2. The Morgan fingerprint density at radius 1 is 0.833 bits per heavy atom. The van der Waals surface area contributed by atoms with Crippen molar-refractivity contribution >= 4 is 45.0 Å². The van der Waals surface area contributed by atoms with Gasteiger partial charge in [-0.3, -0.25) is 9.59 Å². The maximum atomic E-state index is 13.5. The predicted molar refractivity (Wildman–Crippen MR) is 120 cm³/mol. The van der Waals surface area contributed by atoms with E-state index in [4.69, 9.17) is 16.3 Å². The fraction of sp³-hybridized carbons (Fsp3) is 0.200. The summed E-state index contributed by atoms with van der Waals surface area (Å²) in [6.07, 6.45) is 3.78. The van der Waals surface area contributed by atoms with Gasteiger partial charge in [-0.05, 0) is 29.7 Å². The number of hydrogen-bond donors (Lipinski definition) is 0. The monoisotopic (exact) mass is 419 g/mol. The van der Waals surface area contributed by atoms with Gasteiger partial charge in [0, 0.05) is 41.2 Å². The van der Waals surface area contributed by atoms with Crippen LogP contribution < -0.4 is 0 Å². The normalized spacial score (nSPS) is 11.1. The first kappa shape index (κ1) is 20.2. The SMILES string of the molecule is O=C(CCCCn1cc(C(=O)c2cccc3ccccc23)c2ccccc21)OCCl. The topological polar surface area (TPSA) is 48.3 Å². The lowest BCUT2D eigenvalue weighted by molar-refractivity contribution is -0.141. The molecule has 152 valence electrons. The van der Waals surface area contributed by atoms with Crippen LogP contribution in [-0.2, 0) is 16.1 Å². The van der Waals surface area contributed by atoms with Gasteiger partial charge in [0.05, 0.1) is 0 Å². The van der Waals surface area contributed by atoms with Gasteiger partial charge in [0.2, 0.25) is 0 Å². The fourth-order valence-electron chi connectivity index (χ4n) is 3.87. The highest BCUT2D eigenvalue weighted by Crippen LogP contribution is 2.27. The molecule has 3 aromatic carbocycles. The van der Waals surface area contributed by atoms with Gasteiger partial charge in [-0.1, -0.05) is 72.3 Å². The van der Waals surface area contributed by atoms with Crippen molar-refractivity contribution in [3.8, 4) is 0 Å². The number of aryl methyl sites for hydroxylation is 1. The number of aromatic nitrogens is 1. The van der Waals surface area contributed by atoms with Crippen molar-refractivity contribution in [1.82, 2.24) is 4.57 Å². The molecule has 0 bridgehead atoms. The van der Waals surface area contributed by atoms with Crippen LogP contribution in [0.2, 0.25) is 0 Å². The van der Waals surface area contributed by atoms with Crippen molar-refractivity contribution < 1.29 is 14.3 Å². The van der Waals surface area contributed by atoms with Gasteiger partial charge in [0.1, 0.15) is 0 Å². The molecule has 0 amide bonds. The van der Waals surface area contributed by atoms with Crippen molar-refractivity contribution in [1.29, 1.82) is 0 Å². The molecule has 5 heteroatoms. The average molecular weight is 420 g/mol. The summed E-state index contributed by atoms with van der Waals surface area (Å²) in [4.78, 5) is 25.0. The number of carbonyl (C=O) groups excluding carboxylic acids is 2. The lowest BCUT2D eigenvalue weighted by Gasteiger charge is -2.05. The molecule has 4 aromatic rings. The molecule has 1 heterocycles. The van der Waals surface area contributed by atoms with Crippen LogP contribution in [0.5, 0.6) is 0 Å². The van der Waals surface area contributed by atoms with E-state index >= 15 is 0 Å². The minimum atomic E-state index is -0.283. The Morgan fingerprint density at radius 2 is 1.57 bits per heavy atom. The number of unbranched alkanes of at least 4 members (excludes halogenated alkanes) is 1. The molecule has 4 nitrogen and oxygen atoms in total. The molecule has 0 saturated carbocycles. The standard InChI is InChI=1S/C25H22ClNO3/c26-17-30-24(28)14-5-6-15-27-16-22(20-11-3-4-13-23(20)27)25(29)21-12-7-9-18-8-1-2-10-19(18)21/h1-4,7-13,16H,5-6,14-15,17H2. The van der Waals surface area contributed by atoms with Gasteiger partial charge in [0.25, 0.3) is 0 Å². The third kappa shape index (κ3) is 4.10. The van der Waals surface area contributed by atoms with Crippen molar-refractivity contribution in [3.63, 3.8) is 0 Å². The number of para-hydroxylation sites is 1. The lowest BCUT2D eigenvalue weighted by atomic mass is 9.97. The van der Waals surface area contributed by atoms with E-state index in [1.165, 1.54) is 0 Å². The van der Waals surface area contributed by atoms with E-state index in [1.807, 2.05) is 72.9 Å². The number of halogens is 1. The molecule has 0 N–H and O–H groups in total. The van der Waals surface area contributed by atoms with Gasteiger partial charge in [-0.15, -0.1) is 0 Å². The molecule has 0 atom stereocenters. The van der Waals surface area contributed by atoms with E-state index in [-0.39, 0.29) is 17.8 Å². The highest BCUT2D eigenvalue weighted by Gasteiger charge is 2.18.